The van der Waals surface area contributed by atoms with Crippen molar-refractivity contribution < 1.29 is 9.53 Å². The van der Waals surface area contributed by atoms with Gasteiger partial charge in [0.1, 0.15) is 12.3 Å². The van der Waals surface area contributed by atoms with Crippen LogP contribution in [-0.4, -0.2) is 22.6 Å². The van der Waals surface area contributed by atoms with Gasteiger partial charge in [-0.1, -0.05) is 12.1 Å². The molecule has 0 aliphatic carbocycles. The third kappa shape index (κ3) is 2.77. The van der Waals surface area contributed by atoms with Gasteiger partial charge in [0.25, 0.3) is 5.56 Å². The van der Waals surface area contributed by atoms with Gasteiger partial charge in [0.05, 0.1) is 12.8 Å². The Morgan fingerprint density at radius 3 is 2.80 bits per heavy atom. The molecule has 7 heteroatoms. The standard InChI is InChI=1S/C13H13N3O3S/c1-19-10-5-3-2-4-8(10)9-6-12(18)15-13(20)16(9)7-11(14)17/h2-6H,7H2,1H3,(H2,14,17)(H,15,18,20). The minimum atomic E-state index is -0.552. The number of aromatic nitrogens is 2. The van der Waals surface area contributed by atoms with Gasteiger partial charge in [-0.05, 0) is 24.4 Å². The zero-order valence-corrected chi connectivity index (χ0v) is 11.6. The number of amides is 1. The van der Waals surface area contributed by atoms with E-state index in [-0.39, 0.29) is 16.9 Å². The Morgan fingerprint density at radius 1 is 1.45 bits per heavy atom. The number of carbonyl (C=O) groups excluding carboxylic acids is 1. The number of rotatable bonds is 4. The van der Waals surface area contributed by atoms with Crippen molar-refractivity contribution >= 4 is 18.1 Å². The molecule has 0 saturated carbocycles. The number of ether oxygens (including phenoxy) is 1. The van der Waals surface area contributed by atoms with Gasteiger partial charge in [-0.2, -0.15) is 0 Å². The van der Waals surface area contributed by atoms with Crippen LogP contribution in [0.2, 0.25) is 0 Å². The van der Waals surface area contributed by atoms with Crippen LogP contribution >= 0.6 is 12.2 Å². The molecule has 104 valence electrons. The molecular formula is C13H13N3O3S. The molecule has 0 aliphatic heterocycles. The number of para-hydroxylation sites is 1. The van der Waals surface area contributed by atoms with E-state index in [9.17, 15) is 9.59 Å². The fourth-order valence-electron chi connectivity index (χ4n) is 1.91. The molecule has 6 nitrogen and oxygen atoms in total. The second kappa shape index (κ2) is 5.70. The van der Waals surface area contributed by atoms with Crippen LogP contribution in [0, 0.1) is 4.77 Å². The first kappa shape index (κ1) is 14.0. The summed E-state index contributed by atoms with van der Waals surface area (Å²) >= 11 is 5.08. The van der Waals surface area contributed by atoms with Crippen LogP contribution in [0.5, 0.6) is 5.75 Å². The lowest BCUT2D eigenvalue weighted by molar-refractivity contribution is -0.118. The fourth-order valence-corrected chi connectivity index (χ4v) is 2.18. The zero-order chi connectivity index (χ0) is 14.7. The predicted molar refractivity (Wildman–Crippen MR) is 77.1 cm³/mol. The lowest BCUT2D eigenvalue weighted by Crippen LogP contribution is -2.23. The molecule has 0 unspecified atom stereocenters. The monoisotopic (exact) mass is 291 g/mol. The number of nitrogens with zero attached hydrogens (tertiary/aromatic N) is 1. The zero-order valence-electron chi connectivity index (χ0n) is 10.8. The summed E-state index contributed by atoms with van der Waals surface area (Å²) in [7, 11) is 1.53. The van der Waals surface area contributed by atoms with E-state index in [1.807, 2.05) is 6.07 Å². The van der Waals surface area contributed by atoms with Gasteiger partial charge in [0, 0.05) is 11.6 Å². The molecule has 1 heterocycles. The Balaban J connectivity index is 2.75. The van der Waals surface area contributed by atoms with Crippen LogP contribution in [0.1, 0.15) is 0 Å². The predicted octanol–water partition coefficient (Wildman–Crippen LogP) is 1.07. The highest BCUT2D eigenvalue weighted by Gasteiger charge is 2.12. The maximum atomic E-state index is 11.6. The molecule has 20 heavy (non-hydrogen) atoms. The molecule has 0 fully saturated rings. The summed E-state index contributed by atoms with van der Waals surface area (Å²) in [6.07, 6.45) is 0. The van der Waals surface area contributed by atoms with Crippen LogP contribution in [0.25, 0.3) is 11.3 Å². The maximum Gasteiger partial charge on any atom is 0.252 e. The number of nitrogens with one attached hydrogen (secondary N) is 1. The van der Waals surface area contributed by atoms with E-state index in [1.165, 1.54) is 17.7 Å². The Kier molecular flexibility index (Phi) is 3.99. The third-order valence-electron chi connectivity index (χ3n) is 2.73. The summed E-state index contributed by atoms with van der Waals surface area (Å²) < 4.78 is 6.87. The number of hydrogen-bond donors (Lipinski definition) is 2. The van der Waals surface area contributed by atoms with Crippen LogP contribution in [0.3, 0.4) is 0 Å². The molecule has 0 aliphatic rings. The van der Waals surface area contributed by atoms with Crippen molar-refractivity contribution in [3.8, 4) is 17.0 Å². The van der Waals surface area contributed by atoms with Crippen molar-refractivity contribution in [3.63, 3.8) is 0 Å². The second-order valence-electron chi connectivity index (χ2n) is 4.08. The number of nitrogens with two attached hydrogens (primary N) is 1. The van der Waals surface area contributed by atoms with E-state index < -0.39 is 5.91 Å². The summed E-state index contributed by atoms with van der Waals surface area (Å²) in [5.41, 5.74) is 6.01. The van der Waals surface area contributed by atoms with Gasteiger partial charge in [-0.3, -0.25) is 14.6 Å². The van der Waals surface area contributed by atoms with Gasteiger partial charge in [0.15, 0.2) is 4.77 Å². The van der Waals surface area contributed by atoms with Crippen LogP contribution < -0.4 is 16.0 Å². The van der Waals surface area contributed by atoms with E-state index in [2.05, 4.69) is 4.98 Å². The van der Waals surface area contributed by atoms with Crippen LogP contribution in [0.15, 0.2) is 35.1 Å². The molecule has 0 radical (unpaired) electrons. The summed E-state index contributed by atoms with van der Waals surface area (Å²) in [4.78, 5) is 25.3. The van der Waals surface area contributed by atoms with Gasteiger partial charge in [-0.15, -0.1) is 0 Å². The molecule has 3 N–H and O–H groups in total. The lowest BCUT2D eigenvalue weighted by atomic mass is 10.1. The summed E-state index contributed by atoms with van der Waals surface area (Å²) in [5.74, 6) is 0.0232. The summed E-state index contributed by atoms with van der Waals surface area (Å²) in [6, 6.07) is 8.50. The first-order valence-electron chi connectivity index (χ1n) is 5.79. The number of aromatic amines is 1. The molecule has 0 spiro atoms. The van der Waals surface area contributed by atoms with E-state index in [1.54, 1.807) is 18.2 Å². The summed E-state index contributed by atoms with van der Waals surface area (Å²) in [6.45, 7) is -0.122. The van der Waals surface area contributed by atoms with Crippen LogP contribution in [0.4, 0.5) is 0 Å². The van der Waals surface area contributed by atoms with Crippen molar-refractivity contribution in [2.45, 2.75) is 6.54 Å². The topological polar surface area (TPSA) is 90.1 Å². The molecule has 1 aromatic heterocycles. The van der Waals surface area contributed by atoms with E-state index in [0.29, 0.717) is 17.0 Å². The molecule has 0 bridgehead atoms. The van der Waals surface area contributed by atoms with Crippen LogP contribution in [-0.2, 0) is 11.3 Å². The van der Waals surface area contributed by atoms with Crippen molar-refractivity contribution in [2.75, 3.05) is 7.11 Å². The Morgan fingerprint density at radius 2 is 2.15 bits per heavy atom. The molecule has 2 rings (SSSR count). The van der Waals surface area contributed by atoms with Gasteiger partial charge >= 0.3 is 0 Å². The summed E-state index contributed by atoms with van der Waals surface area (Å²) in [5, 5.41) is 0. The highest BCUT2D eigenvalue weighted by atomic mass is 32.1. The highest BCUT2D eigenvalue weighted by Crippen LogP contribution is 2.28. The fraction of sp³-hybridized carbons (Fsp3) is 0.154. The molecular weight excluding hydrogens is 278 g/mol. The van der Waals surface area contributed by atoms with E-state index >= 15 is 0 Å². The maximum absolute atomic E-state index is 11.6. The number of carbonyl (C=O) groups is 1. The first-order chi connectivity index (χ1) is 9.52. The molecule has 2 aromatic rings. The normalized spacial score (nSPS) is 10.2. The third-order valence-corrected chi connectivity index (χ3v) is 3.05. The Labute approximate surface area is 119 Å². The van der Waals surface area contributed by atoms with Crippen molar-refractivity contribution in [3.05, 3.63) is 45.5 Å². The number of primary amides is 1. The number of hydrogen-bond acceptors (Lipinski definition) is 4. The van der Waals surface area contributed by atoms with Gasteiger partial charge in [-0.25, -0.2) is 0 Å². The Bertz CT molecular complexity index is 764. The SMILES string of the molecule is COc1ccccc1-c1cc(=O)[nH]c(=S)n1CC(N)=O. The van der Waals surface area contributed by atoms with Crippen molar-refractivity contribution in [2.24, 2.45) is 5.73 Å². The average Bonchev–Trinajstić information content (AvgIpc) is 2.41. The number of methoxy groups -OCH3 is 1. The average molecular weight is 291 g/mol. The largest absolute Gasteiger partial charge is 0.496 e. The van der Waals surface area contributed by atoms with E-state index in [4.69, 9.17) is 22.7 Å². The van der Waals surface area contributed by atoms with Crippen molar-refractivity contribution in [1.82, 2.24) is 9.55 Å². The number of benzene rings is 1. The minimum absolute atomic E-state index is 0.122. The highest BCUT2D eigenvalue weighted by molar-refractivity contribution is 7.71. The minimum Gasteiger partial charge on any atom is -0.496 e. The van der Waals surface area contributed by atoms with Gasteiger partial charge in [0.2, 0.25) is 5.91 Å². The number of H-pyrrole nitrogens is 1. The van der Waals surface area contributed by atoms with Gasteiger partial charge < -0.3 is 15.0 Å². The van der Waals surface area contributed by atoms with E-state index in [0.717, 1.165) is 0 Å². The Hall–Kier alpha value is -2.41. The lowest BCUT2D eigenvalue weighted by Gasteiger charge is -2.14. The molecule has 0 atom stereocenters. The molecule has 1 amide bonds. The quantitative estimate of drug-likeness (QED) is 0.824. The molecule has 1 aromatic carbocycles. The molecule has 0 saturated heterocycles. The van der Waals surface area contributed by atoms with Crippen molar-refractivity contribution in [1.29, 1.82) is 0 Å². The smallest absolute Gasteiger partial charge is 0.252 e. The first-order valence-corrected chi connectivity index (χ1v) is 6.19. The second-order valence-corrected chi connectivity index (χ2v) is 4.46.